The van der Waals surface area contributed by atoms with E-state index in [0.717, 1.165) is 5.56 Å². The predicted octanol–water partition coefficient (Wildman–Crippen LogP) is 3.83. The molecule has 0 spiro atoms. The molecule has 3 aromatic carbocycles. The lowest BCUT2D eigenvalue weighted by molar-refractivity contribution is 0.130. The molecule has 1 aliphatic rings. The quantitative estimate of drug-likeness (QED) is 0.337. The lowest BCUT2D eigenvalue weighted by Gasteiger charge is -2.55. The van der Waals surface area contributed by atoms with Crippen molar-refractivity contribution in [3.05, 3.63) is 108 Å². The Labute approximate surface area is 208 Å². The zero-order valence-corrected chi connectivity index (χ0v) is 21.3. The summed E-state index contributed by atoms with van der Waals surface area (Å²) in [5, 5.41) is 14.5. The number of carbonyl (C=O) groups excluding carboxylic acids is 1. The van der Waals surface area contributed by atoms with E-state index in [0.29, 0.717) is 13.0 Å². The molecule has 35 heavy (non-hydrogen) atoms. The Bertz CT molecular complexity index is 1150. The van der Waals surface area contributed by atoms with Gasteiger partial charge in [0.1, 0.15) is 6.61 Å². The molecule has 2 N–H and O–H groups in total. The van der Waals surface area contributed by atoms with Gasteiger partial charge in [0, 0.05) is 5.04 Å². The minimum Gasteiger partial charge on any atom is -0.445 e. The molecule has 1 aliphatic heterocycles. The number of carbonyl (C=O) groups is 1. The monoisotopic (exact) mass is 487 g/mol. The van der Waals surface area contributed by atoms with Crippen molar-refractivity contribution in [1.29, 1.82) is 0 Å². The Morgan fingerprint density at radius 1 is 0.971 bits per heavy atom. The number of rotatable bonds is 10. The van der Waals surface area contributed by atoms with Gasteiger partial charge in [-0.1, -0.05) is 111 Å². The molecule has 1 unspecified atom stereocenters. The van der Waals surface area contributed by atoms with Gasteiger partial charge in [0.25, 0.3) is 8.32 Å². The predicted molar refractivity (Wildman–Crippen MR) is 141 cm³/mol. The molecular formula is C29H33NO4Si. The Hall–Kier alpha value is -3.19. The summed E-state index contributed by atoms with van der Waals surface area (Å²) >= 11 is 0. The molecule has 0 aromatic heterocycles. The summed E-state index contributed by atoms with van der Waals surface area (Å²) in [6.07, 6.45) is 3.59. The summed E-state index contributed by atoms with van der Waals surface area (Å²) in [5.41, 5.74) is 2.25. The molecule has 5 nitrogen and oxygen atoms in total. The van der Waals surface area contributed by atoms with Gasteiger partial charge in [-0.3, -0.25) is 0 Å². The second-order valence-corrected chi connectivity index (χ2v) is 13.3. The Morgan fingerprint density at radius 2 is 1.63 bits per heavy atom. The third kappa shape index (κ3) is 5.10. The highest BCUT2D eigenvalue weighted by molar-refractivity contribution is 7.03. The summed E-state index contributed by atoms with van der Waals surface area (Å²) in [6.45, 7) is 5.02. The van der Waals surface area contributed by atoms with Crippen molar-refractivity contribution < 1.29 is 19.1 Å². The van der Waals surface area contributed by atoms with Gasteiger partial charge < -0.3 is 19.6 Å². The highest BCUT2D eigenvalue weighted by Gasteiger charge is 2.63. The van der Waals surface area contributed by atoms with Crippen molar-refractivity contribution in [3.63, 3.8) is 0 Å². The summed E-state index contributed by atoms with van der Waals surface area (Å²) in [4.78, 5) is 12.6. The van der Waals surface area contributed by atoms with Crippen molar-refractivity contribution in [2.75, 3.05) is 13.2 Å². The number of ether oxygens (including phenoxy) is 1. The van der Waals surface area contributed by atoms with E-state index in [1.165, 1.54) is 15.9 Å². The zero-order chi connectivity index (χ0) is 24.7. The number of aliphatic hydroxyl groups excluding tert-OH is 1. The summed E-state index contributed by atoms with van der Waals surface area (Å²) < 4.78 is 12.4. The molecule has 4 rings (SSSR count). The number of nitrogens with one attached hydrogen (secondary N) is 1. The number of hydrogen-bond donors (Lipinski definition) is 2. The number of aliphatic hydroxyl groups is 1. The van der Waals surface area contributed by atoms with Crippen LogP contribution in [0.2, 0.25) is 0 Å². The first kappa shape index (κ1) is 24.9. The molecule has 0 aliphatic carbocycles. The average molecular weight is 488 g/mol. The van der Waals surface area contributed by atoms with Crippen LogP contribution in [-0.2, 0) is 20.8 Å². The van der Waals surface area contributed by atoms with Crippen molar-refractivity contribution in [3.8, 4) is 0 Å². The van der Waals surface area contributed by atoms with E-state index in [2.05, 4.69) is 67.7 Å². The number of fused-ring (bicyclic) bond motifs is 1. The fraction of sp³-hybridized carbons (Fsp3) is 0.276. The fourth-order valence-corrected chi connectivity index (χ4v) is 10.0. The molecule has 0 saturated heterocycles. The molecule has 2 atom stereocenters. The van der Waals surface area contributed by atoms with E-state index in [1.807, 2.05) is 42.5 Å². The van der Waals surface area contributed by atoms with E-state index in [-0.39, 0.29) is 24.3 Å². The number of amides is 1. The second kappa shape index (κ2) is 11.0. The van der Waals surface area contributed by atoms with Gasteiger partial charge in [-0.15, -0.1) is 0 Å². The maximum atomic E-state index is 12.6. The summed E-state index contributed by atoms with van der Waals surface area (Å²) in [7, 11) is -2.57. The highest BCUT2D eigenvalue weighted by atomic mass is 28.4. The van der Waals surface area contributed by atoms with Crippen molar-refractivity contribution in [2.24, 2.45) is 0 Å². The average Bonchev–Trinajstić information content (AvgIpc) is 2.89. The highest BCUT2D eigenvalue weighted by Crippen LogP contribution is 2.42. The molecule has 1 heterocycles. The topological polar surface area (TPSA) is 67.8 Å². The van der Waals surface area contributed by atoms with Gasteiger partial charge in [0.15, 0.2) is 0 Å². The molecule has 182 valence electrons. The van der Waals surface area contributed by atoms with Gasteiger partial charge in [0.05, 0.1) is 19.3 Å². The first-order chi connectivity index (χ1) is 17.0. The van der Waals surface area contributed by atoms with Gasteiger partial charge in [-0.25, -0.2) is 4.79 Å². The fourth-order valence-electron chi connectivity index (χ4n) is 4.99. The first-order valence-electron chi connectivity index (χ1n) is 12.0. The Kier molecular flexibility index (Phi) is 7.85. The first-order valence-corrected chi connectivity index (χ1v) is 13.9. The molecule has 0 radical (unpaired) electrons. The van der Waals surface area contributed by atoms with Crippen LogP contribution in [0, 0.1) is 0 Å². The number of benzene rings is 3. The van der Waals surface area contributed by atoms with E-state index in [1.54, 1.807) is 6.08 Å². The molecule has 1 amide bonds. The number of hydrogen-bond acceptors (Lipinski definition) is 4. The van der Waals surface area contributed by atoms with Crippen LogP contribution in [0.3, 0.4) is 0 Å². The second-order valence-electron chi connectivity index (χ2n) is 9.32. The van der Waals surface area contributed by atoms with Crippen LogP contribution in [0.4, 0.5) is 4.79 Å². The largest absolute Gasteiger partial charge is 0.445 e. The third-order valence-electron chi connectivity index (χ3n) is 6.77. The minimum atomic E-state index is -2.57. The lowest BCUT2D eigenvalue weighted by atomic mass is 10.0. The van der Waals surface area contributed by atoms with Crippen LogP contribution in [0.15, 0.2) is 97.1 Å². The number of alkyl carbamates (subject to hydrolysis) is 1. The van der Waals surface area contributed by atoms with Crippen LogP contribution < -0.4 is 15.7 Å². The van der Waals surface area contributed by atoms with Gasteiger partial charge >= 0.3 is 6.09 Å². The van der Waals surface area contributed by atoms with Gasteiger partial charge in [-0.2, -0.15) is 0 Å². The third-order valence-corrected chi connectivity index (χ3v) is 11.7. The van der Waals surface area contributed by atoms with Crippen LogP contribution in [0.5, 0.6) is 0 Å². The van der Waals surface area contributed by atoms with E-state index >= 15 is 0 Å². The maximum absolute atomic E-state index is 12.6. The SMILES string of the molecule is CC1(C)c2ccccc2[Si]1(OC[C@H](C/C=C\CO)NC(=O)OCc1ccccc1)c1ccccc1. The molecule has 3 aromatic rings. The molecule has 0 fully saturated rings. The van der Waals surface area contributed by atoms with Crippen LogP contribution in [0.1, 0.15) is 31.4 Å². The standard InChI is InChI=1S/C29H33NO4Si/c1-29(2)26-18-9-10-19-27(26)35(29,25-16-7-4-8-17-25)34-22-24(15-11-12-20-31)30-28(32)33-21-23-13-5-3-6-14-23/h3-14,16-19,24,31H,15,20-22H2,1-2H3,(H,30,32)/b12-11-/t24-,35?/m0/s1. The van der Waals surface area contributed by atoms with E-state index in [4.69, 9.17) is 9.16 Å². The van der Waals surface area contributed by atoms with Crippen molar-refractivity contribution in [2.45, 2.75) is 38.0 Å². The maximum Gasteiger partial charge on any atom is 0.407 e. The van der Waals surface area contributed by atoms with Crippen LogP contribution in [-0.4, -0.2) is 38.8 Å². The van der Waals surface area contributed by atoms with Gasteiger partial charge in [0.2, 0.25) is 0 Å². The van der Waals surface area contributed by atoms with E-state index in [9.17, 15) is 9.90 Å². The van der Waals surface area contributed by atoms with E-state index < -0.39 is 14.4 Å². The molecule has 0 saturated carbocycles. The Balaban J connectivity index is 1.53. The molecular weight excluding hydrogens is 454 g/mol. The smallest absolute Gasteiger partial charge is 0.407 e. The van der Waals surface area contributed by atoms with Crippen LogP contribution in [0.25, 0.3) is 0 Å². The minimum absolute atomic E-state index is 0.0465. The van der Waals surface area contributed by atoms with Crippen molar-refractivity contribution in [1.82, 2.24) is 5.32 Å². The lowest BCUT2D eigenvalue weighted by Crippen LogP contribution is -2.81. The summed E-state index contributed by atoms with van der Waals surface area (Å²) in [6, 6.07) is 28.3. The Morgan fingerprint density at radius 3 is 2.34 bits per heavy atom. The van der Waals surface area contributed by atoms with Crippen LogP contribution >= 0.6 is 0 Å². The zero-order valence-electron chi connectivity index (χ0n) is 20.3. The summed E-state index contributed by atoms with van der Waals surface area (Å²) in [5.74, 6) is 0. The molecule has 6 heteroatoms. The van der Waals surface area contributed by atoms with Crippen molar-refractivity contribution >= 4 is 24.8 Å². The van der Waals surface area contributed by atoms with Gasteiger partial charge in [-0.05, 0) is 27.9 Å². The molecule has 0 bridgehead atoms. The normalized spacial score (nSPS) is 18.9.